The van der Waals surface area contributed by atoms with Gasteiger partial charge in [0, 0.05) is 33.7 Å². The summed E-state index contributed by atoms with van der Waals surface area (Å²) in [6, 6.07) is 15.9. The zero-order valence-corrected chi connectivity index (χ0v) is 17.7. The van der Waals surface area contributed by atoms with Gasteiger partial charge < -0.3 is 9.84 Å². The summed E-state index contributed by atoms with van der Waals surface area (Å²) in [4.78, 5) is 17.8. The zero-order valence-electron chi connectivity index (χ0n) is 16.9. The van der Waals surface area contributed by atoms with E-state index in [0.29, 0.717) is 24.3 Å². The van der Waals surface area contributed by atoms with Crippen molar-refractivity contribution in [2.24, 2.45) is 5.92 Å². The van der Waals surface area contributed by atoms with Crippen LogP contribution in [0.5, 0.6) is 11.5 Å². The molecule has 0 amide bonds. The largest absolute Gasteiger partial charge is 0.507 e. The first-order valence-corrected chi connectivity index (χ1v) is 10.4. The van der Waals surface area contributed by atoms with Gasteiger partial charge in [-0.15, -0.1) is 0 Å². The number of rotatable bonds is 8. The first-order chi connectivity index (χ1) is 13.9. The second kappa shape index (κ2) is 9.61. The molecule has 3 aromatic rings. The van der Waals surface area contributed by atoms with E-state index < -0.39 is 0 Å². The molecule has 1 aromatic heterocycles. The predicted molar refractivity (Wildman–Crippen MR) is 116 cm³/mol. The number of nitrogens with zero attached hydrogens (tertiary/aromatic N) is 1. The predicted octanol–water partition coefficient (Wildman–Crippen LogP) is 5.59. The van der Waals surface area contributed by atoms with Crippen molar-refractivity contribution in [2.45, 2.75) is 43.6 Å². The number of aromatic nitrogens is 1. The number of hydrogen-bond acceptors (Lipinski definition) is 5. The van der Waals surface area contributed by atoms with Crippen molar-refractivity contribution < 1.29 is 14.6 Å². The minimum atomic E-state index is -0.118. The van der Waals surface area contributed by atoms with Crippen LogP contribution in [0, 0.1) is 12.8 Å². The number of Topliss-reactive ketones (excluding diaryl/α,β-unsaturated/α-hetero) is 1. The second-order valence-electron chi connectivity index (χ2n) is 7.13. The van der Waals surface area contributed by atoms with Crippen LogP contribution in [0.25, 0.3) is 0 Å². The van der Waals surface area contributed by atoms with E-state index in [0.717, 1.165) is 20.9 Å². The van der Waals surface area contributed by atoms with Crippen LogP contribution >= 0.6 is 11.8 Å². The molecular weight excluding hydrogens is 382 g/mol. The molecule has 0 aliphatic rings. The van der Waals surface area contributed by atoms with Crippen LogP contribution in [-0.2, 0) is 17.8 Å². The van der Waals surface area contributed by atoms with Crippen LogP contribution in [0.4, 0.5) is 0 Å². The Labute approximate surface area is 176 Å². The van der Waals surface area contributed by atoms with Crippen molar-refractivity contribution in [1.82, 2.24) is 4.98 Å². The number of phenols is 1. The van der Waals surface area contributed by atoms with Gasteiger partial charge in [-0.1, -0.05) is 36.9 Å². The molecule has 0 saturated heterocycles. The number of ketones is 1. The van der Waals surface area contributed by atoms with Crippen LogP contribution in [0.3, 0.4) is 0 Å². The Morgan fingerprint density at radius 1 is 1.14 bits per heavy atom. The van der Waals surface area contributed by atoms with E-state index in [1.54, 1.807) is 31.1 Å². The summed E-state index contributed by atoms with van der Waals surface area (Å²) in [5, 5.41) is 10.5. The highest BCUT2D eigenvalue weighted by molar-refractivity contribution is 7.99. The second-order valence-corrected chi connectivity index (χ2v) is 8.28. The number of pyridine rings is 1. The molecule has 0 radical (unpaired) electrons. The zero-order chi connectivity index (χ0) is 20.8. The van der Waals surface area contributed by atoms with E-state index in [2.05, 4.69) is 17.1 Å². The highest BCUT2D eigenvalue weighted by Crippen LogP contribution is 2.33. The fraction of sp³-hybridized carbons (Fsp3) is 0.250. The van der Waals surface area contributed by atoms with E-state index in [1.807, 2.05) is 50.2 Å². The minimum Gasteiger partial charge on any atom is -0.507 e. The van der Waals surface area contributed by atoms with Crippen molar-refractivity contribution >= 4 is 17.5 Å². The van der Waals surface area contributed by atoms with Gasteiger partial charge in [0.2, 0.25) is 0 Å². The Morgan fingerprint density at radius 2 is 1.90 bits per heavy atom. The molecular formula is C24H25NO3S. The van der Waals surface area contributed by atoms with E-state index in [9.17, 15) is 9.90 Å². The molecule has 0 aliphatic heterocycles. The summed E-state index contributed by atoms with van der Waals surface area (Å²) in [5.41, 5.74) is 2.52. The maximum atomic E-state index is 11.5. The van der Waals surface area contributed by atoms with Gasteiger partial charge in [-0.2, -0.15) is 0 Å². The molecule has 1 unspecified atom stereocenters. The molecule has 4 nitrogen and oxygen atoms in total. The normalized spacial score (nSPS) is 11.8. The average molecular weight is 408 g/mol. The molecule has 2 aromatic carbocycles. The van der Waals surface area contributed by atoms with Gasteiger partial charge in [-0.05, 0) is 61.7 Å². The summed E-state index contributed by atoms with van der Waals surface area (Å²) in [5.74, 6) is 0.853. The Balaban J connectivity index is 1.67. The molecule has 29 heavy (non-hydrogen) atoms. The van der Waals surface area contributed by atoms with Gasteiger partial charge in [-0.3, -0.25) is 9.78 Å². The Kier molecular flexibility index (Phi) is 6.94. The van der Waals surface area contributed by atoms with Gasteiger partial charge in [0.15, 0.2) is 0 Å². The number of carbonyl (C=O) groups is 1. The lowest BCUT2D eigenvalue weighted by Crippen LogP contribution is -2.10. The summed E-state index contributed by atoms with van der Waals surface area (Å²) >= 11 is 1.68. The molecule has 1 N–H and O–H groups in total. The van der Waals surface area contributed by atoms with Crippen LogP contribution in [0.15, 0.2) is 70.7 Å². The van der Waals surface area contributed by atoms with Gasteiger partial charge in [-0.25, -0.2) is 0 Å². The highest BCUT2D eigenvalue weighted by Gasteiger charge is 2.15. The molecule has 0 bridgehead atoms. The van der Waals surface area contributed by atoms with Crippen LogP contribution < -0.4 is 4.74 Å². The number of aromatic hydroxyl groups is 1. The van der Waals surface area contributed by atoms with Crippen LogP contribution in [0.2, 0.25) is 0 Å². The van der Waals surface area contributed by atoms with E-state index >= 15 is 0 Å². The van der Waals surface area contributed by atoms with Crippen molar-refractivity contribution in [2.75, 3.05) is 0 Å². The number of hydrogen-bond donors (Lipinski definition) is 1. The van der Waals surface area contributed by atoms with Crippen molar-refractivity contribution in [3.8, 4) is 11.5 Å². The van der Waals surface area contributed by atoms with Crippen molar-refractivity contribution in [3.63, 3.8) is 0 Å². The van der Waals surface area contributed by atoms with Gasteiger partial charge in [0.1, 0.15) is 23.9 Å². The third kappa shape index (κ3) is 5.61. The number of phenolic OH excluding ortho intramolecular Hbond substituents is 1. The summed E-state index contributed by atoms with van der Waals surface area (Å²) < 4.78 is 5.97. The van der Waals surface area contributed by atoms with Gasteiger partial charge >= 0.3 is 0 Å². The van der Waals surface area contributed by atoms with Crippen molar-refractivity contribution in [3.05, 3.63) is 77.6 Å². The molecule has 0 saturated carbocycles. The molecule has 3 rings (SSSR count). The SMILES string of the molecule is CC(=O)C(C)Cc1ccc(OCc2cccc(Sc3ccncc3)c2)c(C)c1O. The van der Waals surface area contributed by atoms with Crippen LogP contribution in [0.1, 0.15) is 30.5 Å². The Hall–Kier alpha value is -2.79. The molecule has 0 fully saturated rings. The average Bonchev–Trinajstić information content (AvgIpc) is 2.72. The number of ether oxygens (including phenoxy) is 1. The Morgan fingerprint density at radius 3 is 2.62 bits per heavy atom. The first kappa shape index (κ1) is 20.9. The Bertz CT molecular complexity index is 989. The summed E-state index contributed by atoms with van der Waals surface area (Å²) in [7, 11) is 0. The fourth-order valence-electron chi connectivity index (χ4n) is 2.93. The third-order valence-electron chi connectivity index (χ3n) is 4.86. The molecule has 0 spiro atoms. The molecule has 1 atom stereocenters. The van der Waals surface area contributed by atoms with Crippen LogP contribution in [-0.4, -0.2) is 15.9 Å². The molecule has 5 heteroatoms. The van der Waals surface area contributed by atoms with Gasteiger partial charge in [0.25, 0.3) is 0 Å². The standard InChI is InChI=1S/C24H25NO3S/c1-16(18(3)26)13-20-7-8-23(17(2)24(20)27)28-15-19-5-4-6-22(14-19)29-21-9-11-25-12-10-21/h4-12,14,16,27H,13,15H2,1-3H3. The maximum absolute atomic E-state index is 11.5. The summed E-state index contributed by atoms with van der Waals surface area (Å²) in [6.07, 6.45) is 4.09. The molecule has 0 aliphatic carbocycles. The smallest absolute Gasteiger partial charge is 0.132 e. The van der Waals surface area contributed by atoms with E-state index in [1.165, 1.54) is 0 Å². The topological polar surface area (TPSA) is 59.4 Å². The van der Waals surface area contributed by atoms with Gasteiger partial charge in [0.05, 0.1) is 0 Å². The lowest BCUT2D eigenvalue weighted by molar-refractivity contribution is -0.120. The lowest BCUT2D eigenvalue weighted by atomic mass is 9.95. The number of benzene rings is 2. The first-order valence-electron chi connectivity index (χ1n) is 9.55. The summed E-state index contributed by atoms with van der Waals surface area (Å²) in [6.45, 7) is 5.70. The molecule has 150 valence electrons. The maximum Gasteiger partial charge on any atom is 0.132 e. The van der Waals surface area contributed by atoms with E-state index in [4.69, 9.17) is 4.74 Å². The van der Waals surface area contributed by atoms with Crippen molar-refractivity contribution in [1.29, 1.82) is 0 Å². The minimum absolute atomic E-state index is 0.117. The highest BCUT2D eigenvalue weighted by atomic mass is 32.2. The molecule has 1 heterocycles. The lowest BCUT2D eigenvalue weighted by Gasteiger charge is -2.15. The quantitative estimate of drug-likeness (QED) is 0.527. The third-order valence-corrected chi connectivity index (χ3v) is 5.86. The number of carbonyl (C=O) groups excluding carboxylic acids is 1. The van der Waals surface area contributed by atoms with E-state index in [-0.39, 0.29) is 17.5 Å². The monoisotopic (exact) mass is 407 g/mol. The fourth-order valence-corrected chi connectivity index (χ4v) is 3.82.